The average molecular weight is 331 g/mol. The van der Waals surface area contributed by atoms with Crippen LogP contribution in [0.25, 0.3) is 10.9 Å². The Hall–Kier alpha value is -2.05. The number of fused-ring (bicyclic) bond motifs is 1. The standard InChI is InChI=1S/C18H25N3O3/c1-20-6-7-24-12-13(11-20)10-19-18(22)17-8-14-4-5-15(23-3)9-16(14)21(17)2/h4-5,8-9,13H,6-7,10-12H2,1-3H3,(H,19,22). The van der Waals surface area contributed by atoms with Gasteiger partial charge < -0.3 is 24.3 Å². The van der Waals surface area contributed by atoms with Crippen molar-refractivity contribution >= 4 is 16.8 Å². The summed E-state index contributed by atoms with van der Waals surface area (Å²) in [6.07, 6.45) is 0. The number of hydrogen-bond acceptors (Lipinski definition) is 4. The van der Waals surface area contributed by atoms with E-state index in [1.807, 2.05) is 35.9 Å². The number of aryl methyl sites for hydroxylation is 1. The summed E-state index contributed by atoms with van der Waals surface area (Å²) in [5.74, 6) is 1.05. The molecule has 0 aliphatic carbocycles. The number of rotatable bonds is 4. The molecule has 0 bridgehead atoms. The number of hydrogen-bond donors (Lipinski definition) is 1. The van der Waals surface area contributed by atoms with Crippen LogP contribution in [0.4, 0.5) is 0 Å². The second-order valence-corrected chi connectivity index (χ2v) is 6.43. The second-order valence-electron chi connectivity index (χ2n) is 6.43. The zero-order valence-electron chi connectivity index (χ0n) is 14.5. The van der Waals surface area contributed by atoms with Crippen molar-refractivity contribution in [3.63, 3.8) is 0 Å². The molecule has 1 aromatic carbocycles. The van der Waals surface area contributed by atoms with Crippen molar-refractivity contribution in [2.75, 3.05) is 47.0 Å². The van der Waals surface area contributed by atoms with Crippen molar-refractivity contribution in [2.45, 2.75) is 0 Å². The molecule has 1 aliphatic rings. The van der Waals surface area contributed by atoms with Crippen LogP contribution in [0, 0.1) is 5.92 Å². The van der Waals surface area contributed by atoms with Gasteiger partial charge in [-0.05, 0) is 25.2 Å². The SMILES string of the molecule is COc1ccc2cc(C(=O)NCC3COCCN(C)C3)n(C)c2c1. The largest absolute Gasteiger partial charge is 0.497 e. The van der Waals surface area contributed by atoms with Crippen LogP contribution in [0.2, 0.25) is 0 Å². The van der Waals surface area contributed by atoms with Crippen LogP contribution < -0.4 is 10.1 Å². The Balaban J connectivity index is 1.70. The van der Waals surface area contributed by atoms with Crippen LogP contribution in [0.15, 0.2) is 24.3 Å². The lowest BCUT2D eigenvalue weighted by molar-refractivity contribution is 0.0914. The van der Waals surface area contributed by atoms with Gasteiger partial charge in [0.1, 0.15) is 11.4 Å². The van der Waals surface area contributed by atoms with Crippen molar-refractivity contribution in [1.82, 2.24) is 14.8 Å². The number of benzene rings is 1. The van der Waals surface area contributed by atoms with E-state index in [1.165, 1.54) is 0 Å². The third-order valence-corrected chi connectivity index (χ3v) is 4.58. The summed E-state index contributed by atoms with van der Waals surface area (Å²) in [5, 5.41) is 4.08. The third-order valence-electron chi connectivity index (χ3n) is 4.58. The first-order chi connectivity index (χ1) is 11.6. The Labute approximate surface area is 142 Å². The predicted octanol–water partition coefficient (Wildman–Crippen LogP) is 1.49. The van der Waals surface area contributed by atoms with E-state index in [9.17, 15) is 4.79 Å². The van der Waals surface area contributed by atoms with Gasteiger partial charge in [-0.2, -0.15) is 0 Å². The van der Waals surface area contributed by atoms with E-state index in [2.05, 4.69) is 17.3 Å². The molecule has 6 nitrogen and oxygen atoms in total. The minimum absolute atomic E-state index is 0.0560. The average Bonchev–Trinajstić information content (AvgIpc) is 2.76. The van der Waals surface area contributed by atoms with Crippen LogP contribution in [-0.2, 0) is 11.8 Å². The summed E-state index contributed by atoms with van der Waals surface area (Å²) in [6, 6.07) is 7.74. The van der Waals surface area contributed by atoms with E-state index in [0.717, 1.165) is 36.3 Å². The highest BCUT2D eigenvalue weighted by Crippen LogP contribution is 2.23. The summed E-state index contributed by atoms with van der Waals surface area (Å²) < 4.78 is 12.8. The molecule has 1 aromatic heterocycles. The van der Waals surface area contributed by atoms with Gasteiger partial charge in [-0.25, -0.2) is 0 Å². The minimum Gasteiger partial charge on any atom is -0.497 e. The zero-order valence-corrected chi connectivity index (χ0v) is 14.5. The third kappa shape index (κ3) is 3.55. The monoisotopic (exact) mass is 331 g/mol. The molecule has 0 spiro atoms. The molecule has 1 N–H and O–H groups in total. The van der Waals surface area contributed by atoms with Crippen molar-refractivity contribution in [1.29, 1.82) is 0 Å². The number of nitrogens with one attached hydrogen (secondary N) is 1. The molecule has 3 rings (SSSR count). The molecule has 0 saturated carbocycles. The van der Waals surface area contributed by atoms with Crippen molar-refractivity contribution in [3.8, 4) is 5.75 Å². The normalized spacial score (nSPS) is 19.2. The van der Waals surface area contributed by atoms with Gasteiger partial charge in [-0.1, -0.05) is 0 Å². The maximum absolute atomic E-state index is 12.6. The summed E-state index contributed by atoms with van der Waals surface area (Å²) >= 11 is 0. The van der Waals surface area contributed by atoms with E-state index in [1.54, 1.807) is 7.11 Å². The zero-order chi connectivity index (χ0) is 17.1. The van der Waals surface area contributed by atoms with Gasteiger partial charge in [0, 0.05) is 44.1 Å². The molecule has 1 unspecified atom stereocenters. The second kappa shape index (κ2) is 7.23. The number of likely N-dealkylation sites (N-methyl/N-ethyl adjacent to an activating group) is 1. The maximum atomic E-state index is 12.6. The molecule has 2 aromatic rings. The van der Waals surface area contributed by atoms with Crippen LogP contribution in [0.3, 0.4) is 0 Å². The van der Waals surface area contributed by atoms with Gasteiger partial charge >= 0.3 is 0 Å². The van der Waals surface area contributed by atoms with Gasteiger partial charge in [0.15, 0.2) is 0 Å². The van der Waals surface area contributed by atoms with Crippen LogP contribution >= 0.6 is 0 Å². The summed E-state index contributed by atoms with van der Waals surface area (Å²) in [4.78, 5) is 14.8. The molecule has 1 fully saturated rings. The van der Waals surface area contributed by atoms with Crippen LogP contribution in [0.5, 0.6) is 5.75 Å². The molecule has 24 heavy (non-hydrogen) atoms. The first-order valence-electron chi connectivity index (χ1n) is 8.26. The molecule has 1 saturated heterocycles. The molecule has 1 atom stereocenters. The number of ether oxygens (including phenoxy) is 2. The fourth-order valence-corrected chi connectivity index (χ4v) is 3.16. The summed E-state index contributed by atoms with van der Waals surface area (Å²) in [5.41, 5.74) is 1.64. The van der Waals surface area contributed by atoms with E-state index in [0.29, 0.717) is 24.8 Å². The molecule has 1 amide bonds. The highest BCUT2D eigenvalue weighted by Gasteiger charge is 2.19. The van der Waals surface area contributed by atoms with Gasteiger partial charge in [-0.15, -0.1) is 0 Å². The van der Waals surface area contributed by atoms with E-state index in [-0.39, 0.29) is 5.91 Å². The number of methoxy groups -OCH3 is 1. The maximum Gasteiger partial charge on any atom is 0.267 e. The number of carbonyl (C=O) groups is 1. The summed E-state index contributed by atoms with van der Waals surface area (Å²) in [6.45, 7) is 3.94. The number of nitrogens with zero attached hydrogens (tertiary/aromatic N) is 2. The Morgan fingerprint density at radius 3 is 3.00 bits per heavy atom. The van der Waals surface area contributed by atoms with Crippen LogP contribution in [0.1, 0.15) is 10.5 Å². The van der Waals surface area contributed by atoms with Gasteiger partial charge in [0.05, 0.1) is 25.8 Å². The molecular weight excluding hydrogens is 306 g/mol. The summed E-state index contributed by atoms with van der Waals surface area (Å²) in [7, 11) is 5.63. The number of aromatic nitrogens is 1. The Bertz CT molecular complexity index is 726. The Morgan fingerprint density at radius 2 is 2.21 bits per heavy atom. The smallest absolute Gasteiger partial charge is 0.267 e. The van der Waals surface area contributed by atoms with Crippen molar-refractivity contribution < 1.29 is 14.3 Å². The van der Waals surface area contributed by atoms with Gasteiger partial charge in [0.2, 0.25) is 0 Å². The fourth-order valence-electron chi connectivity index (χ4n) is 3.16. The van der Waals surface area contributed by atoms with Crippen LogP contribution in [-0.4, -0.2) is 62.4 Å². The first-order valence-corrected chi connectivity index (χ1v) is 8.26. The Morgan fingerprint density at radius 1 is 1.38 bits per heavy atom. The van der Waals surface area contributed by atoms with E-state index in [4.69, 9.17) is 9.47 Å². The first kappa shape index (κ1) is 16.8. The number of amides is 1. The van der Waals surface area contributed by atoms with E-state index >= 15 is 0 Å². The Kier molecular flexibility index (Phi) is 5.06. The highest BCUT2D eigenvalue weighted by molar-refractivity contribution is 5.99. The molecular formula is C18H25N3O3. The quantitative estimate of drug-likeness (QED) is 0.922. The lowest BCUT2D eigenvalue weighted by Gasteiger charge is -2.19. The number of carbonyl (C=O) groups excluding carboxylic acids is 1. The highest BCUT2D eigenvalue weighted by atomic mass is 16.5. The van der Waals surface area contributed by atoms with Gasteiger partial charge in [0.25, 0.3) is 5.91 Å². The molecule has 130 valence electrons. The van der Waals surface area contributed by atoms with Gasteiger partial charge in [-0.3, -0.25) is 4.79 Å². The minimum atomic E-state index is -0.0560. The fraction of sp³-hybridized carbons (Fsp3) is 0.500. The molecule has 6 heteroatoms. The van der Waals surface area contributed by atoms with Crippen molar-refractivity contribution in [2.24, 2.45) is 13.0 Å². The molecule has 0 radical (unpaired) electrons. The predicted molar refractivity (Wildman–Crippen MR) is 93.6 cm³/mol. The molecule has 2 heterocycles. The molecule has 1 aliphatic heterocycles. The van der Waals surface area contributed by atoms with E-state index < -0.39 is 0 Å². The lowest BCUT2D eigenvalue weighted by Crippen LogP contribution is -2.36. The van der Waals surface area contributed by atoms with Crippen molar-refractivity contribution in [3.05, 3.63) is 30.0 Å². The topological polar surface area (TPSA) is 55.7 Å². The lowest BCUT2D eigenvalue weighted by atomic mass is 10.1.